The van der Waals surface area contributed by atoms with Crippen molar-refractivity contribution >= 4 is 11.3 Å². The molecule has 0 aliphatic heterocycles. The first kappa shape index (κ1) is 12.7. The molecule has 0 spiro atoms. The number of rotatable bonds is 5. The lowest BCUT2D eigenvalue weighted by Gasteiger charge is -2.39. The van der Waals surface area contributed by atoms with E-state index >= 15 is 0 Å². The number of aliphatic hydroxyl groups excluding tert-OH is 1. The van der Waals surface area contributed by atoms with Crippen LogP contribution in [0.5, 0.6) is 0 Å². The van der Waals surface area contributed by atoms with E-state index in [9.17, 15) is 5.11 Å². The molecule has 0 aromatic carbocycles. The highest BCUT2D eigenvalue weighted by molar-refractivity contribution is 7.09. The van der Waals surface area contributed by atoms with Gasteiger partial charge in [-0.1, -0.05) is 13.0 Å². The van der Waals surface area contributed by atoms with Gasteiger partial charge >= 0.3 is 0 Å². The van der Waals surface area contributed by atoms with Crippen LogP contribution in [0.4, 0.5) is 0 Å². The smallest absolute Gasteiger partial charge is 0.0768 e. The molecule has 1 aromatic heterocycles. The summed E-state index contributed by atoms with van der Waals surface area (Å²) in [5.74, 6) is 0. The molecule has 86 valence electrons. The first-order valence-electron chi connectivity index (χ1n) is 5.38. The van der Waals surface area contributed by atoms with Gasteiger partial charge in [0.2, 0.25) is 0 Å². The van der Waals surface area contributed by atoms with Gasteiger partial charge in [0.1, 0.15) is 0 Å². The van der Waals surface area contributed by atoms with E-state index in [1.54, 1.807) is 11.3 Å². The number of hydrogen-bond acceptors (Lipinski definition) is 3. The average molecular weight is 227 g/mol. The third kappa shape index (κ3) is 2.80. The average Bonchev–Trinajstić information content (AvgIpc) is 2.68. The zero-order valence-corrected chi connectivity index (χ0v) is 10.8. The molecule has 2 nitrogen and oxygen atoms in total. The van der Waals surface area contributed by atoms with E-state index < -0.39 is 0 Å². The fraction of sp³-hybridized carbons (Fsp3) is 0.667. The summed E-state index contributed by atoms with van der Waals surface area (Å²) in [6.07, 6.45) is 1.39. The molecule has 0 saturated carbocycles. The van der Waals surface area contributed by atoms with Gasteiger partial charge in [-0.3, -0.25) is 0 Å². The lowest BCUT2D eigenvalue weighted by molar-refractivity contribution is 0.00346. The Labute approximate surface area is 96.5 Å². The van der Waals surface area contributed by atoms with Gasteiger partial charge < -0.3 is 10.0 Å². The summed E-state index contributed by atoms with van der Waals surface area (Å²) >= 11 is 1.71. The molecule has 1 aromatic rings. The Morgan fingerprint density at radius 1 is 1.53 bits per heavy atom. The molecule has 0 fully saturated rings. The molecule has 1 N–H and O–H groups in total. The van der Waals surface area contributed by atoms with Crippen molar-refractivity contribution in [3.05, 3.63) is 22.4 Å². The van der Waals surface area contributed by atoms with E-state index in [0.29, 0.717) is 0 Å². The summed E-state index contributed by atoms with van der Waals surface area (Å²) in [6.45, 7) is 4.24. The Hall–Kier alpha value is -0.380. The van der Waals surface area contributed by atoms with Crippen LogP contribution >= 0.6 is 11.3 Å². The van der Waals surface area contributed by atoms with Crippen molar-refractivity contribution < 1.29 is 5.11 Å². The molecule has 0 aliphatic carbocycles. The third-order valence-electron chi connectivity index (χ3n) is 3.43. The molecule has 1 rings (SSSR count). The van der Waals surface area contributed by atoms with Crippen molar-refractivity contribution in [2.45, 2.75) is 38.3 Å². The predicted octanol–water partition coefficient (Wildman–Crippen LogP) is 2.38. The fourth-order valence-electron chi connectivity index (χ4n) is 1.69. The molecule has 1 heterocycles. The van der Waals surface area contributed by atoms with E-state index in [1.807, 2.05) is 20.2 Å². The van der Waals surface area contributed by atoms with Crippen LogP contribution < -0.4 is 0 Å². The Morgan fingerprint density at radius 2 is 2.20 bits per heavy atom. The molecule has 0 saturated heterocycles. The highest BCUT2D eigenvalue weighted by Crippen LogP contribution is 2.25. The number of likely N-dealkylation sites (N-methyl/N-ethyl adjacent to an activating group) is 1. The van der Waals surface area contributed by atoms with Crippen LogP contribution in [0.15, 0.2) is 17.5 Å². The second kappa shape index (κ2) is 5.10. The van der Waals surface area contributed by atoms with Gasteiger partial charge in [0.05, 0.1) is 6.10 Å². The number of thiophene rings is 1. The second-order valence-electron chi connectivity index (χ2n) is 4.40. The van der Waals surface area contributed by atoms with E-state index in [1.165, 1.54) is 4.88 Å². The van der Waals surface area contributed by atoms with Crippen LogP contribution in [0, 0.1) is 0 Å². The molecular weight excluding hydrogens is 206 g/mol. The predicted molar refractivity (Wildman–Crippen MR) is 66.4 cm³/mol. The summed E-state index contributed by atoms with van der Waals surface area (Å²) < 4.78 is 0. The van der Waals surface area contributed by atoms with Crippen LogP contribution in [0.1, 0.15) is 25.1 Å². The van der Waals surface area contributed by atoms with E-state index in [0.717, 1.165) is 12.8 Å². The highest BCUT2D eigenvalue weighted by Gasteiger charge is 2.33. The van der Waals surface area contributed by atoms with Crippen LogP contribution in [-0.4, -0.2) is 35.7 Å². The number of aliphatic hydroxyl groups is 1. The quantitative estimate of drug-likeness (QED) is 0.835. The van der Waals surface area contributed by atoms with Crippen molar-refractivity contribution in [3.63, 3.8) is 0 Å². The number of hydrogen-bond donors (Lipinski definition) is 1. The van der Waals surface area contributed by atoms with Crippen molar-refractivity contribution in [2.24, 2.45) is 0 Å². The van der Waals surface area contributed by atoms with E-state index in [-0.39, 0.29) is 11.6 Å². The van der Waals surface area contributed by atoms with Crippen LogP contribution in [0.3, 0.4) is 0 Å². The molecule has 0 amide bonds. The fourth-order valence-corrected chi connectivity index (χ4v) is 2.43. The van der Waals surface area contributed by atoms with Gasteiger partial charge in [0, 0.05) is 16.8 Å². The zero-order chi connectivity index (χ0) is 11.5. The van der Waals surface area contributed by atoms with Gasteiger partial charge in [-0.25, -0.2) is 0 Å². The maximum Gasteiger partial charge on any atom is 0.0768 e. The van der Waals surface area contributed by atoms with Gasteiger partial charge in [0.25, 0.3) is 0 Å². The molecule has 2 atom stereocenters. The molecular formula is C12H21NOS. The maximum atomic E-state index is 10.3. The molecule has 0 bridgehead atoms. The topological polar surface area (TPSA) is 23.5 Å². The standard InChI is InChI=1S/C12H21NOS/c1-5-12(2,13(3)4)11(14)9-10-7-6-8-15-10/h6-8,11,14H,5,9H2,1-4H3. The van der Waals surface area contributed by atoms with Gasteiger partial charge in [-0.05, 0) is 38.9 Å². The summed E-state index contributed by atoms with van der Waals surface area (Å²) in [6, 6.07) is 4.12. The van der Waals surface area contributed by atoms with Crippen molar-refractivity contribution in [3.8, 4) is 0 Å². The SMILES string of the molecule is CCC(C)(C(O)Cc1cccs1)N(C)C. The highest BCUT2D eigenvalue weighted by atomic mass is 32.1. The Kier molecular flexibility index (Phi) is 4.32. The number of nitrogens with zero attached hydrogens (tertiary/aromatic N) is 1. The summed E-state index contributed by atoms with van der Waals surface area (Å²) in [5, 5.41) is 12.3. The van der Waals surface area contributed by atoms with E-state index in [2.05, 4.69) is 30.2 Å². The van der Waals surface area contributed by atoms with Gasteiger partial charge in [-0.2, -0.15) is 0 Å². The molecule has 0 radical (unpaired) electrons. The first-order valence-corrected chi connectivity index (χ1v) is 6.26. The summed E-state index contributed by atoms with van der Waals surface area (Å²) in [7, 11) is 4.06. The van der Waals surface area contributed by atoms with Crippen LogP contribution in [-0.2, 0) is 6.42 Å². The monoisotopic (exact) mass is 227 g/mol. The molecule has 3 heteroatoms. The minimum Gasteiger partial charge on any atom is -0.391 e. The second-order valence-corrected chi connectivity index (χ2v) is 5.44. The molecule has 15 heavy (non-hydrogen) atoms. The van der Waals surface area contributed by atoms with Gasteiger partial charge in [0.15, 0.2) is 0 Å². The van der Waals surface area contributed by atoms with E-state index in [4.69, 9.17) is 0 Å². The zero-order valence-electron chi connectivity index (χ0n) is 10.0. The van der Waals surface area contributed by atoms with Crippen LogP contribution in [0.25, 0.3) is 0 Å². The van der Waals surface area contributed by atoms with Crippen molar-refractivity contribution in [1.82, 2.24) is 4.90 Å². The lowest BCUT2D eigenvalue weighted by atomic mass is 9.88. The first-order chi connectivity index (χ1) is 7.00. The molecule has 2 unspecified atom stereocenters. The largest absolute Gasteiger partial charge is 0.391 e. The molecule has 0 aliphatic rings. The normalized spacial score (nSPS) is 17.7. The third-order valence-corrected chi connectivity index (χ3v) is 4.33. The van der Waals surface area contributed by atoms with Crippen molar-refractivity contribution in [1.29, 1.82) is 0 Å². The van der Waals surface area contributed by atoms with Crippen LogP contribution in [0.2, 0.25) is 0 Å². The Bertz CT molecular complexity index is 284. The van der Waals surface area contributed by atoms with Gasteiger partial charge in [-0.15, -0.1) is 11.3 Å². The lowest BCUT2D eigenvalue weighted by Crippen LogP contribution is -2.51. The minimum atomic E-state index is -0.309. The Balaban J connectivity index is 2.69. The van der Waals surface area contributed by atoms with Crippen molar-refractivity contribution in [2.75, 3.05) is 14.1 Å². The summed E-state index contributed by atoms with van der Waals surface area (Å²) in [4.78, 5) is 3.37. The minimum absolute atomic E-state index is 0.135. The summed E-state index contributed by atoms with van der Waals surface area (Å²) in [5.41, 5.74) is -0.135. The maximum absolute atomic E-state index is 10.3. The Morgan fingerprint density at radius 3 is 2.60 bits per heavy atom.